The molecule has 0 aliphatic rings. The van der Waals surface area contributed by atoms with Crippen LogP contribution in [0.1, 0.15) is 37.8 Å². The lowest BCUT2D eigenvalue weighted by molar-refractivity contribution is 0.252. The van der Waals surface area contributed by atoms with Crippen LogP contribution in [0.25, 0.3) is 32.9 Å². The fraction of sp³-hybridized carbons (Fsp3) is 0.289. The molecule has 0 saturated heterocycles. The lowest BCUT2D eigenvalue weighted by Crippen LogP contribution is -2.04. The molecule has 9 heteroatoms. The zero-order valence-electron chi connectivity index (χ0n) is 28.1. The second-order valence-electron chi connectivity index (χ2n) is 9.96. The molecule has 0 atom stereocenters. The lowest BCUT2D eigenvalue weighted by Gasteiger charge is -2.13. The van der Waals surface area contributed by atoms with Crippen molar-refractivity contribution in [3.05, 3.63) is 83.9 Å². The molecule has 5 aromatic rings. The first-order chi connectivity index (χ1) is 23.1. The molecule has 5 rings (SSSR count). The highest BCUT2D eigenvalue weighted by Crippen LogP contribution is 2.39. The van der Waals surface area contributed by atoms with Crippen LogP contribution < -0.4 is 33.2 Å². The molecule has 0 aliphatic carbocycles. The zero-order chi connectivity index (χ0) is 33.6. The molecule has 0 fully saturated rings. The van der Waals surface area contributed by atoms with Gasteiger partial charge in [-0.2, -0.15) is 0 Å². The van der Waals surface area contributed by atoms with E-state index >= 15 is 0 Å². The van der Waals surface area contributed by atoms with Gasteiger partial charge in [0.1, 0.15) is 5.01 Å². The molecule has 0 amide bonds. The largest absolute Gasteiger partial charge is 0.493 e. The highest BCUT2D eigenvalue weighted by molar-refractivity contribution is 7.21. The van der Waals surface area contributed by atoms with E-state index in [1.807, 2.05) is 92.7 Å². The van der Waals surface area contributed by atoms with Gasteiger partial charge in [0.15, 0.2) is 34.5 Å². The summed E-state index contributed by atoms with van der Waals surface area (Å²) in [5.74, 6) is 4.49. The Balaban J connectivity index is 0.00000245. The van der Waals surface area contributed by atoms with Crippen LogP contribution in [0.15, 0.2) is 72.8 Å². The van der Waals surface area contributed by atoms with Crippen molar-refractivity contribution in [1.82, 2.24) is 4.98 Å². The van der Waals surface area contributed by atoms with Gasteiger partial charge in [0.2, 0.25) is 5.75 Å². The Kier molecular flexibility index (Phi) is 13.2. The smallest absolute Gasteiger partial charge is 0.203 e. The molecule has 0 N–H and O–H groups in total. The number of nitrogens with zero attached hydrogens (tertiary/aromatic N) is 1. The number of aromatic nitrogens is 1. The maximum absolute atomic E-state index is 6.14. The molecule has 8 nitrogen and oxygen atoms in total. The van der Waals surface area contributed by atoms with Crippen molar-refractivity contribution in [2.45, 2.75) is 26.7 Å². The van der Waals surface area contributed by atoms with Gasteiger partial charge in [0.25, 0.3) is 0 Å². The zero-order valence-corrected chi connectivity index (χ0v) is 28.9. The van der Waals surface area contributed by atoms with Crippen LogP contribution in [0.4, 0.5) is 0 Å². The number of methoxy groups -OCH3 is 5. The summed E-state index contributed by atoms with van der Waals surface area (Å²) in [6.45, 7) is 5.04. The van der Waals surface area contributed by atoms with E-state index in [-0.39, 0.29) is 0 Å². The van der Waals surface area contributed by atoms with Crippen LogP contribution in [0.2, 0.25) is 0 Å². The van der Waals surface area contributed by atoms with Crippen LogP contribution >= 0.6 is 11.3 Å². The summed E-state index contributed by atoms with van der Waals surface area (Å²) in [6.07, 6.45) is 5.58. The molecule has 0 radical (unpaired) electrons. The van der Waals surface area contributed by atoms with Crippen molar-refractivity contribution in [1.29, 1.82) is 0 Å². The van der Waals surface area contributed by atoms with Gasteiger partial charge in [-0.25, -0.2) is 4.98 Å². The number of fused-ring (bicyclic) bond motifs is 1. The van der Waals surface area contributed by atoms with Gasteiger partial charge in [0, 0.05) is 5.56 Å². The maximum atomic E-state index is 6.14. The van der Waals surface area contributed by atoms with Crippen molar-refractivity contribution in [2.75, 3.05) is 48.8 Å². The number of unbranched alkanes of at least 4 members (excludes halogenated alkanes) is 1. The molecule has 4 aromatic carbocycles. The molecular weight excluding hydrogens is 614 g/mol. The fourth-order valence-electron chi connectivity index (χ4n) is 4.79. The topological polar surface area (TPSA) is 77.5 Å². The molecular formula is C38H43NO7S. The molecule has 0 aliphatic heterocycles. The Morgan fingerprint density at radius 2 is 1.13 bits per heavy atom. The number of para-hydroxylation sites is 1. The van der Waals surface area contributed by atoms with E-state index in [0.717, 1.165) is 44.8 Å². The van der Waals surface area contributed by atoms with Gasteiger partial charge in [-0.15, -0.1) is 11.3 Å². The number of benzene rings is 4. The standard InChI is InChI=1S/C36H37NO7S.C2H6/c1-38-28-16-14-24(12-13-25-21-32(40-3)35(42-5)33(22-25)41-4)20-30(28)43-18-8-9-19-44-31-23-26(15-17-29(31)39-2)36-37-27-10-6-7-11-34(27)45-36;1-2/h6-7,10-17,20-23H,8-9,18-19H2,1-5H3;1-2H3/b13-12-;. The van der Waals surface area contributed by atoms with Crippen LogP contribution in [0.5, 0.6) is 40.2 Å². The van der Waals surface area contributed by atoms with E-state index in [1.165, 1.54) is 0 Å². The van der Waals surface area contributed by atoms with E-state index in [2.05, 4.69) is 6.07 Å². The van der Waals surface area contributed by atoms with Gasteiger partial charge in [-0.1, -0.05) is 44.2 Å². The average Bonchev–Trinajstić information content (AvgIpc) is 3.57. The lowest BCUT2D eigenvalue weighted by atomic mass is 10.1. The molecule has 0 saturated carbocycles. The van der Waals surface area contributed by atoms with Crippen molar-refractivity contribution >= 4 is 33.7 Å². The van der Waals surface area contributed by atoms with Gasteiger partial charge < -0.3 is 33.2 Å². The van der Waals surface area contributed by atoms with Crippen molar-refractivity contribution in [2.24, 2.45) is 0 Å². The second kappa shape index (κ2) is 17.7. The summed E-state index contributed by atoms with van der Waals surface area (Å²) < 4.78 is 40.9. The average molecular weight is 658 g/mol. The van der Waals surface area contributed by atoms with Gasteiger partial charge in [-0.05, 0) is 78.6 Å². The maximum Gasteiger partial charge on any atom is 0.203 e. The molecule has 1 aromatic heterocycles. The summed E-state index contributed by atoms with van der Waals surface area (Å²) in [7, 11) is 8.07. The first kappa shape index (κ1) is 35.0. The number of hydrogen-bond donors (Lipinski definition) is 0. The summed E-state index contributed by atoms with van der Waals surface area (Å²) in [6, 6.07) is 23.7. The summed E-state index contributed by atoms with van der Waals surface area (Å²) >= 11 is 1.66. The number of hydrogen-bond acceptors (Lipinski definition) is 9. The predicted octanol–water partition coefficient (Wildman–Crippen LogP) is 9.44. The quantitative estimate of drug-likeness (QED) is 0.0814. The van der Waals surface area contributed by atoms with Crippen LogP contribution in [0, 0.1) is 0 Å². The third-order valence-corrected chi connectivity index (χ3v) is 8.19. The van der Waals surface area contributed by atoms with E-state index in [9.17, 15) is 0 Å². The predicted molar refractivity (Wildman–Crippen MR) is 191 cm³/mol. The first-order valence-electron chi connectivity index (χ1n) is 15.5. The third kappa shape index (κ3) is 8.89. The van der Waals surface area contributed by atoms with E-state index < -0.39 is 0 Å². The van der Waals surface area contributed by atoms with Crippen molar-refractivity contribution in [3.8, 4) is 50.8 Å². The minimum atomic E-state index is 0.517. The Labute approximate surface area is 281 Å². The van der Waals surface area contributed by atoms with Gasteiger partial charge in [-0.3, -0.25) is 0 Å². The Bertz CT molecular complexity index is 1710. The van der Waals surface area contributed by atoms with E-state index in [4.69, 9.17) is 38.1 Å². The summed E-state index contributed by atoms with van der Waals surface area (Å²) in [5.41, 5.74) is 3.86. The van der Waals surface area contributed by atoms with E-state index in [1.54, 1.807) is 46.9 Å². The van der Waals surface area contributed by atoms with Crippen LogP contribution in [-0.2, 0) is 0 Å². The highest BCUT2D eigenvalue weighted by Gasteiger charge is 2.13. The molecule has 248 valence electrons. The Hall–Kier alpha value is -4.89. The number of rotatable bonds is 15. The fourth-order valence-corrected chi connectivity index (χ4v) is 5.75. The molecule has 1 heterocycles. The minimum Gasteiger partial charge on any atom is -0.493 e. The van der Waals surface area contributed by atoms with Crippen molar-refractivity contribution < 1.29 is 33.2 Å². The SMILES string of the molecule is CC.COc1ccc(/C=C\c2cc(OC)c(OC)c(OC)c2)cc1OCCCCOc1cc(-c2nc3ccccc3s2)ccc1OC. The van der Waals surface area contributed by atoms with E-state index in [0.29, 0.717) is 53.5 Å². The van der Waals surface area contributed by atoms with Crippen LogP contribution in [0.3, 0.4) is 0 Å². The number of thiazole rings is 1. The molecule has 0 spiro atoms. The molecule has 47 heavy (non-hydrogen) atoms. The third-order valence-electron chi connectivity index (χ3n) is 7.10. The monoisotopic (exact) mass is 657 g/mol. The Morgan fingerprint density at radius 3 is 1.72 bits per heavy atom. The summed E-state index contributed by atoms with van der Waals surface area (Å²) in [5, 5.41) is 0.951. The first-order valence-corrected chi connectivity index (χ1v) is 16.3. The number of ether oxygens (including phenoxy) is 7. The van der Waals surface area contributed by atoms with Crippen molar-refractivity contribution in [3.63, 3.8) is 0 Å². The molecule has 0 unspecified atom stereocenters. The highest BCUT2D eigenvalue weighted by atomic mass is 32.1. The Morgan fingerprint density at radius 1 is 0.574 bits per heavy atom. The molecule has 0 bridgehead atoms. The van der Waals surface area contributed by atoms with Gasteiger partial charge >= 0.3 is 0 Å². The summed E-state index contributed by atoms with van der Waals surface area (Å²) in [4.78, 5) is 4.77. The second-order valence-corrected chi connectivity index (χ2v) is 11.0. The van der Waals surface area contributed by atoms with Crippen LogP contribution in [-0.4, -0.2) is 53.7 Å². The normalized spacial score (nSPS) is 10.7. The van der Waals surface area contributed by atoms with Gasteiger partial charge in [0.05, 0.1) is 59.0 Å². The minimum absolute atomic E-state index is 0.517.